The van der Waals surface area contributed by atoms with E-state index in [4.69, 9.17) is 5.11 Å². The van der Waals surface area contributed by atoms with E-state index in [9.17, 15) is 14.9 Å². The predicted octanol–water partition coefficient (Wildman–Crippen LogP) is 3.39. The van der Waals surface area contributed by atoms with Crippen LogP contribution in [-0.4, -0.2) is 22.5 Å². The number of nitro benzene ring substituents is 1. The number of anilines is 1. The summed E-state index contributed by atoms with van der Waals surface area (Å²) in [6.45, 7) is 9.54. The third-order valence-corrected chi connectivity index (χ3v) is 5.25. The second kappa shape index (κ2) is 4.72. The molecule has 0 aromatic heterocycles. The second-order valence-electron chi connectivity index (χ2n) is 6.67. The molecule has 0 unspecified atom stereocenters. The molecule has 1 fully saturated rings. The number of nitro groups is 1. The van der Waals surface area contributed by atoms with Crippen molar-refractivity contribution in [2.24, 2.45) is 16.7 Å². The van der Waals surface area contributed by atoms with Gasteiger partial charge in [-0.15, -0.1) is 0 Å². The summed E-state index contributed by atoms with van der Waals surface area (Å²) in [5.41, 5.74) is 0.378. The minimum absolute atomic E-state index is 0.233. The Morgan fingerprint density at radius 2 is 1.90 bits per heavy atom. The maximum atomic E-state index is 11.1. The number of hydrogen-bond acceptors (Lipinski definition) is 4. The Hall–Kier alpha value is -2.11. The van der Waals surface area contributed by atoms with Gasteiger partial charge in [-0.05, 0) is 28.9 Å². The molecule has 2 N–H and O–H groups in total. The normalized spacial score (nSPS) is 19.0. The lowest BCUT2D eigenvalue weighted by Gasteiger charge is -2.08. The zero-order chi connectivity index (χ0) is 16.0. The minimum Gasteiger partial charge on any atom is -0.477 e. The lowest BCUT2D eigenvalue weighted by Crippen LogP contribution is -2.10. The van der Waals surface area contributed by atoms with Gasteiger partial charge in [0, 0.05) is 18.3 Å². The third-order valence-electron chi connectivity index (χ3n) is 5.25. The number of nitrogens with zero attached hydrogens (tertiary/aromatic N) is 1. The van der Waals surface area contributed by atoms with E-state index < -0.39 is 10.9 Å². The van der Waals surface area contributed by atoms with E-state index in [2.05, 4.69) is 33.0 Å². The van der Waals surface area contributed by atoms with Crippen molar-refractivity contribution in [2.45, 2.75) is 27.7 Å². The molecule has 0 saturated heterocycles. The average Bonchev–Trinajstić information content (AvgIpc) is 2.76. The minimum atomic E-state index is -1.29. The molecule has 0 radical (unpaired) electrons. The van der Waals surface area contributed by atoms with Crippen molar-refractivity contribution in [3.05, 3.63) is 33.9 Å². The quantitative estimate of drug-likeness (QED) is 0.641. The molecule has 1 aliphatic rings. The van der Waals surface area contributed by atoms with Gasteiger partial charge in [0.2, 0.25) is 0 Å². The molecule has 0 aliphatic heterocycles. The van der Waals surface area contributed by atoms with Crippen LogP contribution in [0.5, 0.6) is 0 Å². The average molecular weight is 292 g/mol. The highest BCUT2D eigenvalue weighted by molar-refractivity contribution is 5.93. The number of hydrogen-bond donors (Lipinski definition) is 2. The second-order valence-corrected chi connectivity index (χ2v) is 6.67. The molecule has 2 rings (SSSR count). The van der Waals surface area contributed by atoms with Crippen LogP contribution >= 0.6 is 0 Å². The molecule has 6 nitrogen and oxygen atoms in total. The van der Waals surface area contributed by atoms with Gasteiger partial charge in [0.15, 0.2) is 0 Å². The molecular weight excluding hydrogens is 272 g/mol. The highest BCUT2D eigenvalue weighted by atomic mass is 16.6. The van der Waals surface area contributed by atoms with E-state index >= 15 is 0 Å². The third kappa shape index (κ3) is 2.46. The van der Waals surface area contributed by atoms with Crippen LogP contribution in [0, 0.1) is 26.9 Å². The predicted molar refractivity (Wildman–Crippen MR) is 79.6 cm³/mol. The summed E-state index contributed by atoms with van der Waals surface area (Å²) >= 11 is 0. The first-order chi connectivity index (χ1) is 9.59. The summed E-state index contributed by atoms with van der Waals surface area (Å²) in [6.07, 6.45) is 0. The first kappa shape index (κ1) is 15.3. The van der Waals surface area contributed by atoms with E-state index in [1.165, 1.54) is 12.1 Å². The number of nitrogens with one attached hydrogen (secondary N) is 1. The Balaban J connectivity index is 2.14. The zero-order valence-electron chi connectivity index (χ0n) is 12.6. The van der Waals surface area contributed by atoms with Crippen LogP contribution in [0.25, 0.3) is 0 Å². The highest BCUT2D eigenvalue weighted by Crippen LogP contribution is 2.68. The summed E-state index contributed by atoms with van der Waals surface area (Å²) in [4.78, 5) is 21.2. The summed E-state index contributed by atoms with van der Waals surface area (Å²) in [5.74, 6) is -0.814. The molecule has 1 aromatic rings. The van der Waals surface area contributed by atoms with Crippen LogP contribution in [0.1, 0.15) is 38.1 Å². The van der Waals surface area contributed by atoms with Crippen LogP contribution in [0.2, 0.25) is 0 Å². The molecule has 6 heteroatoms. The number of benzene rings is 1. The summed E-state index contributed by atoms with van der Waals surface area (Å²) < 4.78 is 0. The monoisotopic (exact) mass is 292 g/mol. The van der Waals surface area contributed by atoms with Gasteiger partial charge in [-0.25, -0.2) is 4.79 Å². The van der Waals surface area contributed by atoms with Gasteiger partial charge in [-0.1, -0.05) is 27.7 Å². The largest absolute Gasteiger partial charge is 0.477 e. The molecule has 1 aliphatic carbocycles. The number of rotatable bonds is 5. The molecule has 0 bridgehead atoms. The number of carbonyl (C=O) groups is 1. The molecule has 0 amide bonds. The Morgan fingerprint density at radius 3 is 2.33 bits per heavy atom. The van der Waals surface area contributed by atoms with Crippen molar-refractivity contribution in [3.8, 4) is 0 Å². The Labute approximate surface area is 123 Å². The van der Waals surface area contributed by atoms with Crippen LogP contribution in [-0.2, 0) is 0 Å². The topological polar surface area (TPSA) is 92.5 Å². The van der Waals surface area contributed by atoms with Crippen molar-refractivity contribution in [2.75, 3.05) is 11.9 Å². The van der Waals surface area contributed by atoms with Gasteiger partial charge in [0.25, 0.3) is 5.69 Å². The van der Waals surface area contributed by atoms with Crippen LogP contribution in [0.4, 0.5) is 11.4 Å². The van der Waals surface area contributed by atoms with Crippen molar-refractivity contribution >= 4 is 17.3 Å². The van der Waals surface area contributed by atoms with E-state index in [-0.39, 0.29) is 22.1 Å². The van der Waals surface area contributed by atoms with Gasteiger partial charge >= 0.3 is 5.97 Å². The molecule has 0 heterocycles. The smallest absolute Gasteiger partial charge is 0.342 e. The van der Waals surface area contributed by atoms with E-state index in [0.717, 1.165) is 6.54 Å². The summed E-state index contributed by atoms with van der Waals surface area (Å²) in [6, 6.07) is 4.10. The SMILES string of the molecule is CC1(C)C(CNc2ccc([N+](=O)[O-])c(C(=O)O)c2)C1(C)C. The Kier molecular flexibility index (Phi) is 3.43. The molecule has 0 atom stereocenters. The Morgan fingerprint density at radius 1 is 1.33 bits per heavy atom. The lowest BCUT2D eigenvalue weighted by atomic mass is 10.0. The fourth-order valence-electron chi connectivity index (χ4n) is 3.04. The van der Waals surface area contributed by atoms with Crippen LogP contribution in [0.15, 0.2) is 18.2 Å². The molecule has 1 aromatic carbocycles. The molecule has 114 valence electrons. The maximum absolute atomic E-state index is 11.1. The first-order valence-electron chi connectivity index (χ1n) is 6.84. The standard InChI is InChI=1S/C15H20N2O4/c1-14(2)12(15(14,3)4)8-16-9-5-6-11(17(20)21)10(7-9)13(18)19/h5-7,12,16H,8H2,1-4H3,(H,18,19). The van der Waals surface area contributed by atoms with E-state index in [0.29, 0.717) is 11.6 Å². The molecule has 1 saturated carbocycles. The maximum Gasteiger partial charge on any atom is 0.342 e. The fourth-order valence-corrected chi connectivity index (χ4v) is 3.04. The zero-order valence-corrected chi connectivity index (χ0v) is 12.6. The number of carboxylic acids is 1. The first-order valence-corrected chi connectivity index (χ1v) is 6.84. The van der Waals surface area contributed by atoms with Crippen LogP contribution in [0.3, 0.4) is 0 Å². The Bertz CT molecular complexity index is 594. The fraction of sp³-hybridized carbons (Fsp3) is 0.533. The molecular formula is C15H20N2O4. The van der Waals surface area contributed by atoms with E-state index in [1.54, 1.807) is 6.07 Å². The van der Waals surface area contributed by atoms with Gasteiger partial charge in [0.1, 0.15) is 5.56 Å². The van der Waals surface area contributed by atoms with Gasteiger partial charge in [-0.2, -0.15) is 0 Å². The molecule has 21 heavy (non-hydrogen) atoms. The van der Waals surface area contributed by atoms with Crippen molar-refractivity contribution in [3.63, 3.8) is 0 Å². The summed E-state index contributed by atoms with van der Waals surface area (Å²) in [5, 5.41) is 23.1. The van der Waals surface area contributed by atoms with Gasteiger partial charge in [0.05, 0.1) is 4.92 Å². The van der Waals surface area contributed by atoms with Gasteiger partial charge < -0.3 is 10.4 Å². The van der Waals surface area contributed by atoms with Crippen molar-refractivity contribution in [1.29, 1.82) is 0 Å². The molecule has 0 spiro atoms. The summed E-state index contributed by atoms with van der Waals surface area (Å²) in [7, 11) is 0. The van der Waals surface area contributed by atoms with Crippen molar-refractivity contribution < 1.29 is 14.8 Å². The van der Waals surface area contributed by atoms with Gasteiger partial charge in [-0.3, -0.25) is 10.1 Å². The highest BCUT2D eigenvalue weighted by Gasteiger charge is 2.63. The number of carboxylic acid groups (broad SMARTS) is 1. The lowest BCUT2D eigenvalue weighted by molar-refractivity contribution is -0.385. The van der Waals surface area contributed by atoms with Crippen molar-refractivity contribution in [1.82, 2.24) is 0 Å². The van der Waals surface area contributed by atoms with E-state index in [1.807, 2.05) is 0 Å². The van der Waals surface area contributed by atoms with Crippen LogP contribution < -0.4 is 5.32 Å². The number of aromatic carboxylic acids is 1.